The molecule has 0 saturated carbocycles. The molecule has 0 spiro atoms. The summed E-state index contributed by atoms with van der Waals surface area (Å²) in [6, 6.07) is 10.7. The summed E-state index contributed by atoms with van der Waals surface area (Å²) in [5, 5.41) is 0.844. The molecule has 0 bridgehead atoms. The molecule has 1 aliphatic heterocycles. The summed E-state index contributed by atoms with van der Waals surface area (Å²) < 4.78 is 5.20. The Labute approximate surface area is 136 Å². The predicted octanol–water partition coefficient (Wildman–Crippen LogP) is 1.97. The van der Waals surface area contributed by atoms with Crippen LogP contribution in [0.5, 0.6) is 5.75 Å². The molecule has 1 atom stereocenters. The lowest BCUT2D eigenvalue weighted by Crippen LogP contribution is -2.31. The van der Waals surface area contributed by atoms with Crippen LogP contribution < -0.4 is 15.9 Å². The highest BCUT2D eigenvalue weighted by Gasteiger charge is 2.33. The van der Waals surface area contributed by atoms with Crippen LogP contribution >= 0.6 is 0 Å². The maximum atomic E-state index is 12.5. The number of nitrogens with one attached hydrogen (secondary N) is 2. The zero-order valence-corrected chi connectivity index (χ0v) is 12.9. The zero-order valence-electron chi connectivity index (χ0n) is 12.9. The molecule has 0 saturated heterocycles. The van der Waals surface area contributed by atoms with Crippen LogP contribution in [0, 0.1) is 6.92 Å². The van der Waals surface area contributed by atoms with E-state index in [1.54, 1.807) is 25.1 Å². The van der Waals surface area contributed by atoms with E-state index in [-0.39, 0.29) is 23.3 Å². The van der Waals surface area contributed by atoms with Crippen LogP contribution in [-0.4, -0.2) is 15.9 Å². The van der Waals surface area contributed by atoms with E-state index in [1.807, 2.05) is 18.2 Å². The fourth-order valence-electron chi connectivity index (χ4n) is 3.20. The van der Waals surface area contributed by atoms with E-state index in [9.17, 15) is 14.4 Å². The number of carbonyl (C=O) groups is 1. The number of esters is 1. The average Bonchev–Trinajstić information content (AvgIpc) is 2.52. The largest absolute Gasteiger partial charge is 0.426 e. The van der Waals surface area contributed by atoms with E-state index >= 15 is 0 Å². The van der Waals surface area contributed by atoms with Gasteiger partial charge in [-0.15, -0.1) is 0 Å². The lowest BCUT2D eigenvalue weighted by molar-refractivity contribution is -0.135. The number of rotatable bonds is 1. The van der Waals surface area contributed by atoms with Gasteiger partial charge in [0.15, 0.2) is 0 Å². The summed E-state index contributed by atoms with van der Waals surface area (Å²) in [6.07, 6.45) is -0.0411. The highest BCUT2D eigenvalue weighted by Crippen LogP contribution is 2.35. The summed E-state index contributed by atoms with van der Waals surface area (Å²) in [7, 11) is 0. The molecule has 24 heavy (non-hydrogen) atoms. The van der Waals surface area contributed by atoms with Gasteiger partial charge in [-0.05, 0) is 24.4 Å². The molecular formula is C18H14N2O4. The number of benzene rings is 1. The summed E-state index contributed by atoms with van der Waals surface area (Å²) >= 11 is 0. The Balaban J connectivity index is 1.98. The number of hydrogen-bond donors (Lipinski definition) is 2. The summed E-state index contributed by atoms with van der Waals surface area (Å²) in [6.45, 7) is 1.71. The van der Waals surface area contributed by atoms with E-state index in [4.69, 9.17) is 4.74 Å². The molecular weight excluding hydrogens is 308 g/mol. The van der Waals surface area contributed by atoms with Crippen molar-refractivity contribution in [3.8, 4) is 5.75 Å². The second-order valence-corrected chi connectivity index (χ2v) is 5.93. The van der Waals surface area contributed by atoms with Crippen LogP contribution in [0.1, 0.15) is 29.2 Å². The van der Waals surface area contributed by atoms with E-state index in [2.05, 4.69) is 9.97 Å². The third-order valence-corrected chi connectivity index (χ3v) is 4.27. The molecule has 6 heteroatoms. The Bertz CT molecular complexity index is 1090. The Kier molecular flexibility index (Phi) is 3.13. The van der Waals surface area contributed by atoms with E-state index in [0.29, 0.717) is 22.3 Å². The van der Waals surface area contributed by atoms with Crippen molar-refractivity contribution in [1.29, 1.82) is 0 Å². The first-order chi connectivity index (χ1) is 11.5. The van der Waals surface area contributed by atoms with Crippen LogP contribution in [0.15, 0.2) is 46.0 Å². The maximum Gasteiger partial charge on any atom is 0.312 e. The summed E-state index contributed by atoms with van der Waals surface area (Å²) in [5.74, 6) is -0.853. The van der Waals surface area contributed by atoms with Crippen LogP contribution in [0.25, 0.3) is 10.9 Å². The molecule has 1 aromatic carbocycles. The lowest BCUT2D eigenvalue weighted by atomic mass is 9.87. The smallest absolute Gasteiger partial charge is 0.312 e. The van der Waals surface area contributed by atoms with Crippen molar-refractivity contribution in [2.45, 2.75) is 19.3 Å². The SMILES string of the molecule is Cc1cc2c(c(=O)[nH]1)C(c1cc3ccccc3[nH]c1=O)CC(=O)O2. The second kappa shape index (κ2) is 5.19. The number of aromatic amines is 2. The number of aromatic nitrogens is 2. The van der Waals surface area contributed by atoms with Crippen molar-refractivity contribution in [3.05, 3.63) is 73.9 Å². The van der Waals surface area contributed by atoms with Gasteiger partial charge in [0.2, 0.25) is 0 Å². The Morgan fingerprint density at radius 3 is 2.67 bits per heavy atom. The minimum absolute atomic E-state index is 0.0411. The number of pyridine rings is 2. The van der Waals surface area contributed by atoms with Gasteiger partial charge in [0, 0.05) is 28.8 Å². The van der Waals surface area contributed by atoms with Crippen LogP contribution in [0.2, 0.25) is 0 Å². The Hall–Kier alpha value is -3.15. The molecule has 2 aromatic heterocycles. The number of H-pyrrole nitrogens is 2. The number of hydrogen-bond acceptors (Lipinski definition) is 4. The molecule has 4 rings (SSSR count). The third kappa shape index (κ3) is 2.23. The number of ether oxygens (including phenoxy) is 1. The minimum atomic E-state index is -0.626. The molecule has 0 aliphatic carbocycles. The van der Waals surface area contributed by atoms with Crippen molar-refractivity contribution in [3.63, 3.8) is 0 Å². The first kappa shape index (κ1) is 14.4. The lowest BCUT2D eigenvalue weighted by Gasteiger charge is -2.23. The van der Waals surface area contributed by atoms with Crippen LogP contribution in [-0.2, 0) is 4.79 Å². The first-order valence-corrected chi connectivity index (χ1v) is 7.59. The molecule has 120 valence electrons. The van der Waals surface area contributed by atoms with E-state index in [0.717, 1.165) is 5.39 Å². The van der Waals surface area contributed by atoms with Crippen LogP contribution in [0.4, 0.5) is 0 Å². The Morgan fingerprint density at radius 1 is 1.04 bits per heavy atom. The molecule has 0 amide bonds. The van der Waals surface area contributed by atoms with Gasteiger partial charge in [-0.2, -0.15) is 0 Å². The minimum Gasteiger partial charge on any atom is -0.426 e. The fraction of sp³-hybridized carbons (Fsp3) is 0.167. The molecule has 1 unspecified atom stereocenters. The molecule has 2 N–H and O–H groups in total. The Morgan fingerprint density at radius 2 is 1.83 bits per heavy atom. The number of fused-ring (bicyclic) bond motifs is 2. The monoisotopic (exact) mass is 322 g/mol. The van der Waals surface area contributed by atoms with Crippen molar-refractivity contribution >= 4 is 16.9 Å². The predicted molar refractivity (Wildman–Crippen MR) is 88.5 cm³/mol. The van der Waals surface area contributed by atoms with E-state index < -0.39 is 11.9 Å². The molecule has 3 heterocycles. The molecule has 3 aromatic rings. The van der Waals surface area contributed by atoms with Gasteiger partial charge >= 0.3 is 5.97 Å². The van der Waals surface area contributed by atoms with Crippen LogP contribution in [0.3, 0.4) is 0 Å². The van der Waals surface area contributed by atoms with Crippen molar-refractivity contribution in [2.75, 3.05) is 0 Å². The summed E-state index contributed by atoms with van der Waals surface area (Å²) in [5.41, 5.74) is 1.37. The molecule has 0 radical (unpaired) electrons. The summed E-state index contributed by atoms with van der Waals surface area (Å²) in [4.78, 5) is 42.4. The van der Waals surface area contributed by atoms with Gasteiger partial charge in [0.05, 0.1) is 12.0 Å². The van der Waals surface area contributed by atoms with Gasteiger partial charge in [0.1, 0.15) is 5.75 Å². The number of aryl methyl sites for hydroxylation is 1. The van der Waals surface area contributed by atoms with Gasteiger partial charge in [-0.25, -0.2) is 0 Å². The normalized spacial score (nSPS) is 16.7. The van der Waals surface area contributed by atoms with Gasteiger partial charge in [-0.1, -0.05) is 18.2 Å². The third-order valence-electron chi connectivity index (χ3n) is 4.27. The zero-order chi connectivity index (χ0) is 16.8. The number of para-hydroxylation sites is 1. The number of carbonyl (C=O) groups excluding carboxylic acids is 1. The maximum absolute atomic E-state index is 12.5. The molecule has 6 nitrogen and oxygen atoms in total. The quantitative estimate of drug-likeness (QED) is 0.670. The van der Waals surface area contributed by atoms with Crippen molar-refractivity contribution in [1.82, 2.24) is 9.97 Å². The average molecular weight is 322 g/mol. The molecule has 1 aliphatic rings. The first-order valence-electron chi connectivity index (χ1n) is 7.59. The fourth-order valence-corrected chi connectivity index (χ4v) is 3.20. The second-order valence-electron chi connectivity index (χ2n) is 5.93. The highest BCUT2D eigenvalue weighted by atomic mass is 16.5. The van der Waals surface area contributed by atoms with Crippen molar-refractivity contribution in [2.24, 2.45) is 0 Å². The van der Waals surface area contributed by atoms with Gasteiger partial charge < -0.3 is 14.7 Å². The topological polar surface area (TPSA) is 92.0 Å². The van der Waals surface area contributed by atoms with E-state index in [1.165, 1.54) is 0 Å². The van der Waals surface area contributed by atoms with Gasteiger partial charge in [0.25, 0.3) is 11.1 Å². The standard InChI is InChI=1S/C18H14N2O4/c1-9-6-14-16(18(23)19-9)11(8-15(21)24-14)12-7-10-4-2-3-5-13(10)20-17(12)22/h2-7,11H,8H2,1H3,(H,19,23)(H,20,22). The molecule has 0 fully saturated rings. The van der Waals surface area contributed by atoms with Gasteiger partial charge in [-0.3, -0.25) is 14.4 Å². The van der Waals surface area contributed by atoms with Crippen molar-refractivity contribution < 1.29 is 9.53 Å². The highest BCUT2D eigenvalue weighted by molar-refractivity contribution is 5.81.